The maximum Gasteiger partial charge on any atom is 0.233 e. The van der Waals surface area contributed by atoms with Crippen LogP contribution in [0.3, 0.4) is 0 Å². The normalized spacial score (nSPS) is 11.7. The van der Waals surface area contributed by atoms with Crippen molar-refractivity contribution in [3.8, 4) is 11.2 Å². The topological polar surface area (TPSA) is 37.3 Å². The molecule has 40 valence electrons. The van der Waals surface area contributed by atoms with Crippen LogP contribution in [-0.2, 0) is 11.1 Å². The summed E-state index contributed by atoms with van der Waals surface area (Å²) in [7, 11) is 0. The fourth-order valence-corrected chi connectivity index (χ4v) is 0.431. The van der Waals surface area contributed by atoms with Gasteiger partial charge in [-0.25, -0.2) is 4.21 Å². The first-order valence-corrected chi connectivity index (χ1v) is 3.07. The Morgan fingerprint density at radius 1 is 1.86 bits per heavy atom. The number of rotatable bonds is 0. The molecular formula is C3H3ClO2S. The Bertz CT molecular complexity index is 123. The van der Waals surface area contributed by atoms with E-state index >= 15 is 0 Å². The third-order valence-corrected chi connectivity index (χ3v) is 0.679. The highest BCUT2D eigenvalue weighted by atomic mass is 35.5. The first-order chi connectivity index (χ1) is 3.27. The second-order valence-electron chi connectivity index (χ2n) is 0.662. The van der Waals surface area contributed by atoms with E-state index in [0.717, 1.165) is 0 Å². The molecule has 0 heterocycles. The van der Waals surface area contributed by atoms with Crippen LogP contribution in [0.4, 0.5) is 0 Å². The molecular weight excluding hydrogens is 136 g/mol. The second kappa shape index (κ2) is 4.13. The van der Waals surface area contributed by atoms with Gasteiger partial charge in [-0.3, -0.25) is 4.55 Å². The van der Waals surface area contributed by atoms with Gasteiger partial charge in [0.2, 0.25) is 11.1 Å². The Hall–Kier alpha value is -0.0400. The molecule has 0 fully saturated rings. The first kappa shape index (κ1) is 6.96. The minimum absolute atomic E-state index is 0.103. The highest BCUT2D eigenvalue weighted by Crippen LogP contribution is 1.69. The van der Waals surface area contributed by atoms with Gasteiger partial charge in [0, 0.05) is 5.25 Å². The molecule has 4 heteroatoms. The van der Waals surface area contributed by atoms with Crippen molar-refractivity contribution in [3.63, 3.8) is 0 Å². The summed E-state index contributed by atoms with van der Waals surface area (Å²) in [5, 5.41) is 1.94. The van der Waals surface area contributed by atoms with Crippen LogP contribution in [0, 0.1) is 11.2 Å². The lowest BCUT2D eigenvalue weighted by Crippen LogP contribution is -1.76. The van der Waals surface area contributed by atoms with Gasteiger partial charge in [-0.05, 0) is 0 Å². The van der Waals surface area contributed by atoms with Gasteiger partial charge in [-0.2, -0.15) is 0 Å². The summed E-state index contributed by atoms with van der Waals surface area (Å²) in [5.41, 5.74) is 0. The molecule has 0 aromatic rings. The molecule has 0 saturated carbocycles. The van der Waals surface area contributed by atoms with Gasteiger partial charge in [-0.15, -0.1) is 11.6 Å². The molecule has 0 radical (unpaired) electrons. The molecule has 0 amide bonds. The van der Waals surface area contributed by atoms with Crippen molar-refractivity contribution >= 4 is 22.7 Å². The van der Waals surface area contributed by atoms with Gasteiger partial charge in [0.1, 0.15) is 0 Å². The van der Waals surface area contributed by atoms with Gasteiger partial charge in [0.25, 0.3) is 0 Å². The third kappa shape index (κ3) is 5.96. The Morgan fingerprint density at radius 2 is 2.43 bits per heavy atom. The second-order valence-corrected chi connectivity index (χ2v) is 1.63. The zero-order valence-corrected chi connectivity index (χ0v) is 4.92. The predicted octanol–water partition coefficient (Wildman–Crippen LogP) is 0.408. The van der Waals surface area contributed by atoms with E-state index in [9.17, 15) is 4.21 Å². The van der Waals surface area contributed by atoms with Crippen molar-refractivity contribution in [2.45, 2.75) is 0 Å². The van der Waals surface area contributed by atoms with Crippen molar-refractivity contribution in [3.05, 3.63) is 0 Å². The van der Waals surface area contributed by atoms with E-state index in [4.69, 9.17) is 16.2 Å². The van der Waals surface area contributed by atoms with E-state index < -0.39 is 11.1 Å². The monoisotopic (exact) mass is 138 g/mol. The van der Waals surface area contributed by atoms with E-state index in [1.807, 2.05) is 5.25 Å². The molecule has 0 aromatic carbocycles. The molecule has 1 unspecified atom stereocenters. The van der Waals surface area contributed by atoms with Gasteiger partial charge in [0.15, 0.2) is 0 Å². The van der Waals surface area contributed by atoms with Crippen LogP contribution in [0.5, 0.6) is 0 Å². The zero-order chi connectivity index (χ0) is 5.70. The van der Waals surface area contributed by atoms with E-state index in [0.29, 0.717) is 0 Å². The van der Waals surface area contributed by atoms with Crippen molar-refractivity contribution in [2.24, 2.45) is 0 Å². The molecule has 0 rings (SSSR count). The maximum absolute atomic E-state index is 9.64. The highest BCUT2D eigenvalue weighted by molar-refractivity contribution is 7.84. The lowest BCUT2D eigenvalue weighted by molar-refractivity contribution is 0.576. The van der Waals surface area contributed by atoms with E-state index in [1.54, 1.807) is 0 Å². The number of halogens is 1. The molecule has 0 aliphatic rings. The number of hydrogen-bond donors (Lipinski definition) is 1. The van der Waals surface area contributed by atoms with Crippen molar-refractivity contribution in [2.75, 3.05) is 5.88 Å². The number of hydrogen-bond acceptors (Lipinski definition) is 1. The molecule has 0 aromatic heterocycles. The minimum Gasteiger partial charge on any atom is -0.296 e. The summed E-state index contributed by atoms with van der Waals surface area (Å²) >= 11 is 3.02. The maximum atomic E-state index is 9.64. The average Bonchev–Trinajstić information content (AvgIpc) is 1.61. The Balaban J connectivity index is 3.45. The van der Waals surface area contributed by atoms with Gasteiger partial charge in [-0.1, -0.05) is 5.92 Å². The van der Waals surface area contributed by atoms with Crippen LogP contribution in [0.25, 0.3) is 0 Å². The molecule has 1 N–H and O–H groups in total. The van der Waals surface area contributed by atoms with Crippen LogP contribution < -0.4 is 0 Å². The van der Waals surface area contributed by atoms with Crippen LogP contribution >= 0.6 is 11.6 Å². The summed E-state index contributed by atoms with van der Waals surface area (Å²) in [6, 6.07) is 0. The third-order valence-electron chi connectivity index (χ3n) is 0.226. The molecule has 0 saturated heterocycles. The molecule has 0 aliphatic heterocycles. The first-order valence-electron chi connectivity index (χ1n) is 1.42. The zero-order valence-electron chi connectivity index (χ0n) is 3.35. The SMILES string of the molecule is O=S(O)C#CCCl. The lowest BCUT2D eigenvalue weighted by atomic mass is 10.8. The summed E-state index contributed by atoms with van der Waals surface area (Å²) in [6.45, 7) is 0. The summed E-state index contributed by atoms with van der Waals surface area (Å²) in [5.74, 6) is 2.32. The van der Waals surface area contributed by atoms with Crippen molar-refractivity contribution in [1.29, 1.82) is 0 Å². The standard InChI is InChI=1S/C3H3ClO2S/c4-2-1-3-7(5)6/h2H2,(H,5,6). The van der Waals surface area contributed by atoms with Crippen molar-refractivity contribution < 1.29 is 8.76 Å². The van der Waals surface area contributed by atoms with Crippen molar-refractivity contribution in [1.82, 2.24) is 0 Å². The van der Waals surface area contributed by atoms with Gasteiger partial charge in [0.05, 0.1) is 5.88 Å². The molecule has 0 bridgehead atoms. The smallest absolute Gasteiger partial charge is 0.233 e. The van der Waals surface area contributed by atoms with Crippen LogP contribution in [-0.4, -0.2) is 14.6 Å². The summed E-state index contributed by atoms with van der Waals surface area (Å²) in [4.78, 5) is 0. The quantitative estimate of drug-likeness (QED) is 0.299. The Morgan fingerprint density at radius 3 is 2.57 bits per heavy atom. The van der Waals surface area contributed by atoms with E-state index in [1.165, 1.54) is 0 Å². The Kier molecular flexibility index (Phi) is 4.10. The van der Waals surface area contributed by atoms with Gasteiger partial charge < -0.3 is 0 Å². The Labute approximate surface area is 49.1 Å². The fourth-order valence-electron chi connectivity index (χ4n) is 0.0890. The van der Waals surface area contributed by atoms with Crippen LogP contribution in [0.15, 0.2) is 0 Å². The minimum atomic E-state index is -2.01. The molecule has 7 heavy (non-hydrogen) atoms. The van der Waals surface area contributed by atoms with Crippen LogP contribution in [0.2, 0.25) is 0 Å². The summed E-state index contributed by atoms with van der Waals surface area (Å²) in [6.07, 6.45) is 0. The lowest BCUT2D eigenvalue weighted by Gasteiger charge is -1.66. The van der Waals surface area contributed by atoms with E-state index in [-0.39, 0.29) is 5.88 Å². The average molecular weight is 139 g/mol. The predicted molar refractivity (Wildman–Crippen MR) is 29.3 cm³/mol. The van der Waals surface area contributed by atoms with Crippen LogP contribution in [0.1, 0.15) is 0 Å². The molecule has 0 aliphatic carbocycles. The summed E-state index contributed by atoms with van der Waals surface area (Å²) < 4.78 is 17.6. The van der Waals surface area contributed by atoms with Gasteiger partial charge >= 0.3 is 0 Å². The molecule has 2 nitrogen and oxygen atoms in total. The van der Waals surface area contributed by atoms with E-state index in [2.05, 4.69) is 5.92 Å². The highest BCUT2D eigenvalue weighted by Gasteiger charge is 1.74. The fraction of sp³-hybridized carbons (Fsp3) is 0.333. The number of alkyl halides is 1. The molecule has 1 atom stereocenters. The largest absolute Gasteiger partial charge is 0.296 e. The molecule has 0 spiro atoms.